The Bertz CT molecular complexity index is 873. The van der Waals surface area contributed by atoms with Crippen molar-refractivity contribution in [3.8, 4) is 5.75 Å². The summed E-state index contributed by atoms with van der Waals surface area (Å²) in [4.78, 5) is 10.2. The second kappa shape index (κ2) is 7.40. The van der Waals surface area contributed by atoms with Crippen LogP contribution in [0.1, 0.15) is 0 Å². The average Bonchev–Trinajstić information content (AvgIpc) is 2.56. The molecule has 11 heteroatoms. The molecule has 2 N–H and O–H groups in total. The fourth-order valence-electron chi connectivity index (χ4n) is 1.93. The lowest BCUT2D eigenvalue weighted by Crippen LogP contribution is -2.18. The number of nitro benzene ring substituents is 1. The lowest BCUT2D eigenvalue weighted by atomic mass is 10.2. The maximum absolute atomic E-state index is 12.1. The largest absolute Gasteiger partial charge is 0.435 e. The van der Waals surface area contributed by atoms with E-state index in [9.17, 15) is 27.3 Å². The minimum Gasteiger partial charge on any atom is -0.435 e. The molecule has 0 saturated heterocycles. The molecule has 2 aromatic rings. The number of hydrogen-bond acceptors (Lipinski definition) is 6. The second-order valence-corrected chi connectivity index (χ2v) is 6.56. The monoisotopic (exact) mass is 373 g/mol. The van der Waals surface area contributed by atoms with E-state index in [0.717, 1.165) is 6.07 Å². The first-order valence-corrected chi connectivity index (χ1v) is 8.25. The minimum atomic E-state index is -3.83. The summed E-state index contributed by atoms with van der Waals surface area (Å²) in [5.74, 6) is -0.0643. The first-order chi connectivity index (χ1) is 11.7. The summed E-state index contributed by atoms with van der Waals surface area (Å²) in [5, 5.41) is 13.9. The topological polar surface area (TPSA) is 111 Å². The van der Waals surface area contributed by atoms with E-state index in [-0.39, 0.29) is 16.3 Å². The van der Waals surface area contributed by atoms with Gasteiger partial charge >= 0.3 is 6.61 Å². The van der Waals surface area contributed by atoms with Gasteiger partial charge in [0.15, 0.2) is 0 Å². The number of nitro groups is 1. The number of anilines is 2. The Kier molecular flexibility index (Phi) is 5.49. The van der Waals surface area contributed by atoms with Gasteiger partial charge in [0.2, 0.25) is 10.0 Å². The standard InChI is InChI=1S/C14H13F2N3O5S/c1-17-25(22,23)11-6-7-12(13(8-11)19(20)21)18-9-2-4-10(5-3-9)24-14(15)16/h2-8,14,17-18H,1H3. The molecular formula is C14H13F2N3O5S. The van der Waals surface area contributed by atoms with Crippen LogP contribution in [-0.2, 0) is 10.0 Å². The van der Waals surface area contributed by atoms with Gasteiger partial charge in [0.25, 0.3) is 5.69 Å². The fourth-order valence-corrected chi connectivity index (χ4v) is 2.68. The van der Waals surface area contributed by atoms with Gasteiger partial charge < -0.3 is 10.1 Å². The van der Waals surface area contributed by atoms with Crippen molar-refractivity contribution in [2.45, 2.75) is 11.5 Å². The number of halogens is 2. The summed E-state index contributed by atoms with van der Waals surface area (Å²) >= 11 is 0. The van der Waals surface area contributed by atoms with E-state index in [1.807, 2.05) is 0 Å². The summed E-state index contributed by atoms with van der Waals surface area (Å²) < 4.78 is 54.0. The molecule has 0 aliphatic rings. The zero-order chi connectivity index (χ0) is 18.6. The molecule has 0 unspecified atom stereocenters. The molecule has 0 aromatic heterocycles. The van der Waals surface area contributed by atoms with Crippen molar-refractivity contribution in [3.63, 3.8) is 0 Å². The quantitative estimate of drug-likeness (QED) is 0.570. The predicted molar refractivity (Wildman–Crippen MR) is 85.7 cm³/mol. The van der Waals surface area contributed by atoms with Crippen LogP contribution in [0, 0.1) is 10.1 Å². The lowest BCUT2D eigenvalue weighted by molar-refractivity contribution is -0.384. The van der Waals surface area contributed by atoms with Gasteiger partial charge in [-0.3, -0.25) is 10.1 Å². The summed E-state index contributed by atoms with van der Waals surface area (Å²) in [6.45, 7) is -2.96. The van der Waals surface area contributed by atoms with Crippen LogP contribution >= 0.6 is 0 Å². The Hall–Kier alpha value is -2.79. The third-order valence-electron chi connectivity index (χ3n) is 3.10. The summed E-state index contributed by atoms with van der Waals surface area (Å²) in [6.07, 6.45) is 0. The maximum Gasteiger partial charge on any atom is 0.387 e. The van der Waals surface area contributed by atoms with Crippen molar-refractivity contribution in [2.24, 2.45) is 0 Å². The van der Waals surface area contributed by atoms with Crippen LogP contribution in [0.3, 0.4) is 0 Å². The van der Waals surface area contributed by atoms with E-state index >= 15 is 0 Å². The van der Waals surface area contributed by atoms with E-state index in [1.54, 1.807) is 0 Å². The highest BCUT2D eigenvalue weighted by molar-refractivity contribution is 7.89. The van der Waals surface area contributed by atoms with Crippen molar-refractivity contribution in [1.29, 1.82) is 0 Å². The number of sulfonamides is 1. The van der Waals surface area contributed by atoms with E-state index in [1.165, 1.54) is 43.4 Å². The molecule has 0 fully saturated rings. The van der Waals surface area contributed by atoms with Crippen molar-refractivity contribution in [2.75, 3.05) is 12.4 Å². The van der Waals surface area contributed by atoms with Crippen molar-refractivity contribution in [3.05, 3.63) is 52.6 Å². The fraction of sp³-hybridized carbons (Fsp3) is 0.143. The summed E-state index contributed by atoms with van der Waals surface area (Å²) in [6, 6.07) is 8.67. The highest BCUT2D eigenvalue weighted by atomic mass is 32.2. The zero-order valence-electron chi connectivity index (χ0n) is 12.8. The van der Waals surface area contributed by atoms with Gasteiger partial charge in [0.1, 0.15) is 11.4 Å². The zero-order valence-corrected chi connectivity index (χ0v) is 13.6. The second-order valence-electron chi connectivity index (χ2n) is 4.67. The molecule has 2 aromatic carbocycles. The number of rotatable bonds is 7. The Labute approximate surface area is 141 Å². The molecule has 0 amide bonds. The summed E-state index contributed by atoms with van der Waals surface area (Å²) in [5.41, 5.74) is -0.0410. The van der Waals surface area contributed by atoms with Crippen LogP contribution < -0.4 is 14.8 Å². The lowest BCUT2D eigenvalue weighted by Gasteiger charge is -2.10. The van der Waals surface area contributed by atoms with Gasteiger partial charge in [-0.05, 0) is 43.4 Å². The van der Waals surface area contributed by atoms with Crippen molar-refractivity contribution >= 4 is 27.1 Å². The highest BCUT2D eigenvalue weighted by Gasteiger charge is 2.20. The van der Waals surface area contributed by atoms with Crippen LogP contribution in [0.5, 0.6) is 5.75 Å². The summed E-state index contributed by atoms with van der Waals surface area (Å²) in [7, 11) is -2.64. The molecule has 2 rings (SSSR count). The Balaban J connectivity index is 2.31. The van der Waals surface area contributed by atoms with E-state index in [4.69, 9.17) is 0 Å². The molecule has 134 valence electrons. The third-order valence-corrected chi connectivity index (χ3v) is 4.52. The van der Waals surface area contributed by atoms with Crippen LogP contribution in [0.2, 0.25) is 0 Å². The van der Waals surface area contributed by atoms with Crippen LogP contribution in [0.25, 0.3) is 0 Å². The molecule has 0 bridgehead atoms. The number of nitrogens with one attached hydrogen (secondary N) is 2. The third kappa shape index (κ3) is 4.61. The predicted octanol–water partition coefficient (Wildman–Crippen LogP) is 2.85. The Morgan fingerprint density at radius 2 is 1.80 bits per heavy atom. The molecule has 25 heavy (non-hydrogen) atoms. The molecule has 0 spiro atoms. The van der Waals surface area contributed by atoms with Gasteiger partial charge in [-0.2, -0.15) is 8.78 Å². The Morgan fingerprint density at radius 1 is 1.16 bits per heavy atom. The van der Waals surface area contributed by atoms with Crippen LogP contribution in [-0.4, -0.2) is 27.0 Å². The SMILES string of the molecule is CNS(=O)(=O)c1ccc(Nc2ccc(OC(F)F)cc2)c([N+](=O)[O-])c1. The van der Waals surface area contributed by atoms with Gasteiger partial charge in [-0.1, -0.05) is 0 Å². The smallest absolute Gasteiger partial charge is 0.387 e. The molecule has 0 heterocycles. The minimum absolute atomic E-state index is 0.0441. The van der Waals surface area contributed by atoms with Crippen molar-refractivity contribution < 1.29 is 26.9 Å². The first-order valence-electron chi connectivity index (χ1n) is 6.77. The molecule has 0 saturated carbocycles. The van der Waals surface area contributed by atoms with E-state index in [0.29, 0.717) is 5.69 Å². The Morgan fingerprint density at radius 3 is 2.32 bits per heavy atom. The molecule has 0 aliphatic heterocycles. The number of ether oxygens (including phenoxy) is 1. The number of hydrogen-bond donors (Lipinski definition) is 2. The van der Waals surface area contributed by atoms with Gasteiger partial charge in [-0.25, -0.2) is 13.1 Å². The molecule has 8 nitrogen and oxygen atoms in total. The van der Waals surface area contributed by atoms with E-state index < -0.39 is 27.2 Å². The van der Waals surface area contributed by atoms with Crippen molar-refractivity contribution in [1.82, 2.24) is 4.72 Å². The highest BCUT2D eigenvalue weighted by Crippen LogP contribution is 2.30. The number of nitrogens with zero attached hydrogens (tertiary/aromatic N) is 1. The first kappa shape index (κ1) is 18.5. The number of benzene rings is 2. The molecule has 0 atom stereocenters. The van der Waals surface area contributed by atoms with Gasteiger partial charge in [-0.15, -0.1) is 0 Å². The molecule has 0 radical (unpaired) electrons. The maximum atomic E-state index is 12.1. The molecule has 0 aliphatic carbocycles. The number of alkyl halides is 2. The van der Waals surface area contributed by atoms with Gasteiger partial charge in [0, 0.05) is 11.8 Å². The normalized spacial score (nSPS) is 11.4. The van der Waals surface area contributed by atoms with Crippen LogP contribution in [0.4, 0.5) is 25.8 Å². The molecular weight excluding hydrogens is 360 g/mol. The van der Waals surface area contributed by atoms with Gasteiger partial charge in [0.05, 0.1) is 9.82 Å². The van der Waals surface area contributed by atoms with Crippen LogP contribution in [0.15, 0.2) is 47.4 Å². The average molecular weight is 373 g/mol. The van der Waals surface area contributed by atoms with E-state index in [2.05, 4.69) is 14.8 Å².